The van der Waals surface area contributed by atoms with Gasteiger partial charge in [0, 0.05) is 11.8 Å². The summed E-state index contributed by atoms with van der Waals surface area (Å²) in [5.74, 6) is 0.0411. The molecule has 21 atom stereocenters. The van der Waals surface area contributed by atoms with Crippen LogP contribution in [0.1, 0.15) is 79.6 Å². The molecule has 2 saturated heterocycles. The third-order valence-corrected chi connectivity index (χ3v) is 15.2. The van der Waals surface area contributed by atoms with Gasteiger partial charge in [-0.05, 0) is 93.0 Å². The van der Waals surface area contributed by atoms with Crippen LogP contribution in [0.4, 0.5) is 0 Å². The van der Waals surface area contributed by atoms with Gasteiger partial charge in [-0.3, -0.25) is 0 Å². The molecule has 4 aliphatic carbocycles. The lowest BCUT2D eigenvalue weighted by Crippen LogP contribution is -2.60. The molecule has 55 heavy (non-hydrogen) atoms. The van der Waals surface area contributed by atoms with Crippen LogP contribution in [0.2, 0.25) is 0 Å². The second-order valence-corrected chi connectivity index (χ2v) is 18.1. The van der Waals surface area contributed by atoms with E-state index < -0.39 is 104 Å². The highest BCUT2D eigenvalue weighted by Crippen LogP contribution is 2.67. The van der Waals surface area contributed by atoms with Crippen LogP contribution in [0.3, 0.4) is 0 Å². The Bertz CT molecular complexity index is 1390. The molecular weight excluding hydrogens is 720 g/mol. The summed E-state index contributed by atoms with van der Waals surface area (Å²) in [5.41, 5.74) is 1.79. The minimum atomic E-state index is -1.62. The molecule has 6 rings (SSSR count). The average Bonchev–Trinajstić information content (AvgIpc) is 3.50. The van der Waals surface area contributed by atoms with Gasteiger partial charge < -0.3 is 75.1 Å². The van der Waals surface area contributed by atoms with E-state index in [1.165, 1.54) is 0 Å². The smallest absolute Gasteiger partial charge is 0.187 e. The van der Waals surface area contributed by atoms with Crippen molar-refractivity contribution < 1.29 is 75.1 Å². The average molecular weight is 787 g/mol. The summed E-state index contributed by atoms with van der Waals surface area (Å²) in [7, 11) is 0. The van der Waals surface area contributed by atoms with Crippen LogP contribution in [-0.4, -0.2) is 162 Å². The fraction of sp³-hybridized carbons (Fsp3) is 0.900. The Morgan fingerprint density at radius 1 is 0.782 bits per heavy atom. The van der Waals surface area contributed by atoms with E-state index in [-0.39, 0.29) is 41.6 Å². The van der Waals surface area contributed by atoms with Crippen molar-refractivity contribution in [3.63, 3.8) is 0 Å². The van der Waals surface area contributed by atoms with Gasteiger partial charge in [-0.2, -0.15) is 0 Å². The molecule has 11 N–H and O–H groups in total. The first-order valence-electron chi connectivity index (χ1n) is 20.2. The summed E-state index contributed by atoms with van der Waals surface area (Å²) >= 11 is 0. The lowest BCUT2D eigenvalue weighted by Gasteiger charge is -2.60. The maximum Gasteiger partial charge on any atom is 0.187 e. The standard InChI is InChI=1S/C40H66O15/c1-17(18(2)16-52-37-35(50)33(48)31(46)27(14-41)54-37)10-26(53-38-36(51)34(49)32(47)28(15-42)55-38)19(3)22-6-7-23-30-24(8-9-39(22,23)4)40(5)20(12-25(30)44)11-21(43)13-29(40)45/h12,19,21-38,41-51H,6-11,13-16H2,1-5H3/t19-,21+,22-,23-,24-,25-,26+,27+,28+,29-,30-,31+,32+,33-,34-,35+,36+,37+,38+,39+,40-/m0/s1. The third-order valence-electron chi connectivity index (χ3n) is 15.2. The van der Waals surface area contributed by atoms with Gasteiger partial charge in [-0.15, -0.1) is 0 Å². The van der Waals surface area contributed by atoms with Gasteiger partial charge >= 0.3 is 0 Å². The van der Waals surface area contributed by atoms with Crippen molar-refractivity contribution in [2.75, 3.05) is 19.8 Å². The van der Waals surface area contributed by atoms with Crippen molar-refractivity contribution in [3.05, 3.63) is 22.8 Å². The molecule has 2 aliphatic heterocycles. The van der Waals surface area contributed by atoms with E-state index in [9.17, 15) is 56.2 Å². The summed E-state index contributed by atoms with van der Waals surface area (Å²) in [6.07, 6.45) is -10.7. The van der Waals surface area contributed by atoms with E-state index in [1.54, 1.807) is 0 Å². The van der Waals surface area contributed by atoms with Crippen LogP contribution in [0, 0.1) is 40.4 Å². The normalized spacial score (nSPS) is 50.3. The summed E-state index contributed by atoms with van der Waals surface area (Å²) in [6.45, 7) is 8.97. The number of aliphatic hydroxyl groups excluding tert-OH is 11. The van der Waals surface area contributed by atoms with Crippen molar-refractivity contribution >= 4 is 0 Å². The Kier molecular flexibility index (Phi) is 13.3. The number of fused-ring (bicyclic) bond motifs is 5. The van der Waals surface area contributed by atoms with Gasteiger partial charge in [0.05, 0.1) is 44.2 Å². The Morgan fingerprint density at radius 3 is 2.00 bits per heavy atom. The lowest BCUT2D eigenvalue weighted by molar-refractivity contribution is -0.316. The van der Waals surface area contributed by atoms with E-state index in [0.717, 1.165) is 42.4 Å². The van der Waals surface area contributed by atoms with Crippen molar-refractivity contribution in [2.45, 2.75) is 165 Å². The maximum atomic E-state index is 11.7. The van der Waals surface area contributed by atoms with Gasteiger partial charge in [-0.1, -0.05) is 38.0 Å². The number of hydrogen-bond acceptors (Lipinski definition) is 15. The zero-order chi connectivity index (χ0) is 40.3. The number of rotatable bonds is 11. The van der Waals surface area contributed by atoms with E-state index in [0.29, 0.717) is 19.3 Å². The van der Waals surface area contributed by atoms with Crippen LogP contribution in [-0.2, 0) is 18.9 Å². The van der Waals surface area contributed by atoms with Crippen LogP contribution in [0.15, 0.2) is 22.8 Å². The van der Waals surface area contributed by atoms with Crippen molar-refractivity contribution in [1.29, 1.82) is 0 Å². The van der Waals surface area contributed by atoms with Crippen LogP contribution in [0.5, 0.6) is 0 Å². The summed E-state index contributed by atoms with van der Waals surface area (Å²) in [6, 6.07) is 0. The van der Waals surface area contributed by atoms with Gasteiger partial charge in [0.2, 0.25) is 0 Å². The van der Waals surface area contributed by atoms with Crippen molar-refractivity contribution in [1.82, 2.24) is 0 Å². The van der Waals surface area contributed by atoms with Crippen molar-refractivity contribution in [2.24, 2.45) is 40.4 Å². The summed E-state index contributed by atoms with van der Waals surface area (Å²) in [5, 5.41) is 116. The highest BCUT2D eigenvalue weighted by Gasteiger charge is 2.63. The maximum absolute atomic E-state index is 11.7. The topological polar surface area (TPSA) is 259 Å². The van der Waals surface area contributed by atoms with Crippen LogP contribution >= 0.6 is 0 Å². The predicted octanol–water partition coefficient (Wildman–Crippen LogP) is -0.768. The lowest BCUT2D eigenvalue weighted by atomic mass is 9.45. The predicted molar refractivity (Wildman–Crippen MR) is 194 cm³/mol. The highest BCUT2D eigenvalue weighted by atomic mass is 16.7. The van der Waals surface area contributed by atoms with Crippen LogP contribution < -0.4 is 0 Å². The molecule has 0 amide bonds. The van der Waals surface area contributed by atoms with E-state index in [1.807, 2.05) is 19.9 Å². The number of aliphatic hydroxyl groups is 11. The second-order valence-electron chi connectivity index (χ2n) is 18.1. The summed E-state index contributed by atoms with van der Waals surface area (Å²) < 4.78 is 23.8. The highest BCUT2D eigenvalue weighted by molar-refractivity contribution is 5.30. The van der Waals surface area contributed by atoms with Gasteiger partial charge in [-0.25, -0.2) is 0 Å². The molecule has 15 heteroatoms. The molecule has 15 nitrogen and oxygen atoms in total. The molecular formula is C40H66O15. The third kappa shape index (κ3) is 7.75. The number of hydrogen-bond donors (Lipinski definition) is 11. The molecule has 0 aromatic heterocycles. The second kappa shape index (κ2) is 16.9. The Hall–Kier alpha value is -1.12. The van der Waals surface area contributed by atoms with Gasteiger partial charge in [0.15, 0.2) is 12.6 Å². The van der Waals surface area contributed by atoms with Gasteiger partial charge in [0.25, 0.3) is 0 Å². The first-order chi connectivity index (χ1) is 25.9. The quantitative estimate of drug-likeness (QED) is 0.115. The van der Waals surface area contributed by atoms with E-state index in [4.69, 9.17) is 18.9 Å². The molecule has 6 aliphatic rings. The molecule has 0 unspecified atom stereocenters. The Morgan fingerprint density at radius 2 is 1.38 bits per heavy atom. The van der Waals surface area contributed by atoms with Crippen molar-refractivity contribution in [3.8, 4) is 0 Å². The van der Waals surface area contributed by atoms with Gasteiger partial charge in [0.1, 0.15) is 48.8 Å². The molecule has 0 aromatic carbocycles. The zero-order valence-electron chi connectivity index (χ0n) is 32.7. The first kappa shape index (κ1) is 43.5. The zero-order valence-corrected chi connectivity index (χ0v) is 32.7. The van der Waals surface area contributed by atoms with E-state index >= 15 is 0 Å². The molecule has 0 aromatic rings. The molecule has 2 heterocycles. The van der Waals surface area contributed by atoms with E-state index in [2.05, 4.69) is 20.8 Å². The largest absolute Gasteiger partial charge is 0.394 e. The molecule has 0 spiro atoms. The Balaban J connectivity index is 1.24. The number of ether oxygens (including phenoxy) is 4. The minimum Gasteiger partial charge on any atom is -0.394 e. The molecule has 316 valence electrons. The monoisotopic (exact) mass is 786 g/mol. The fourth-order valence-electron chi connectivity index (χ4n) is 11.6. The molecule has 0 radical (unpaired) electrons. The molecule has 0 bridgehead atoms. The molecule has 5 fully saturated rings. The van der Waals surface area contributed by atoms with Crippen LogP contribution in [0.25, 0.3) is 0 Å². The first-order valence-corrected chi connectivity index (χ1v) is 20.2. The minimum absolute atomic E-state index is 0.0308. The molecule has 3 saturated carbocycles. The summed E-state index contributed by atoms with van der Waals surface area (Å²) in [4.78, 5) is 0. The SMILES string of the molecule is CC(CO[C@@H]1O[C@H](CO)[C@@H](O)[C@H](O)[C@H]1O)=C(C)C[C@@H](O[C@@H]1O[C@H](CO)[C@@H](O)[C@H](O)[C@H]1O)[C@@H](C)[C@@H]1CC[C@H]2[C@@H]3[C@@H](O)C=C4C[C@@H](O)C[C@H](O)[C@]4(C)[C@H]3CC[C@]12C. The Labute approximate surface area is 323 Å². The fourth-order valence-corrected chi connectivity index (χ4v) is 11.6.